The molecular formula is C22H17N5OS. The smallest absolute Gasteiger partial charge is 0.255 e. The molecule has 1 amide bonds. The van der Waals surface area contributed by atoms with Gasteiger partial charge in [-0.3, -0.25) is 4.79 Å². The molecule has 0 aliphatic heterocycles. The number of amides is 1. The van der Waals surface area contributed by atoms with Crippen molar-refractivity contribution in [3.05, 3.63) is 78.1 Å². The number of hydrogen-bond donors (Lipinski definition) is 1. The van der Waals surface area contributed by atoms with E-state index < -0.39 is 0 Å². The molecule has 5 rings (SSSR count). The SMILES string of the molecule is CCc1nnc2sc(-c3cccc(NC(=O)c4ccc5ccccc5c4)c3)nn12. The van der Waals surface area contributed by atoms with Crippen LogP contribution in [-0.2, 0) is 6.42 Å². The molecule has 0 radical (unpaired) electrons. The lowest BCUT2D eigenvalue weighted by molar-refractivity contribution is 0.102. The second kappa shape index (κ2) is 7.10. The molecule has 5 aromatic rings. The zero-order chi connectivity index (χ0) is 19.8. The summed E-state index contributed by atoms with van der Waals surface area (Å²) >= 11 is 1.48. The first-order valence-electron chi connectivity index (χ1n) is 9.33. The van der Waals surface area contributed by atoms with Gasteiger partial charge in [0.2, 0.25) is 4.96 Å². The highest BCUT2D eigenvalue weighted by Gasteiger charge is 2.13. The second-order valence-corrected chi connectivity index (χ2v) is 7.62. The van der Waals surface area contributed by atoms with Crippen molar-refractivity contribution in [2.45, 2.75) is 13.3 Å². The van der Waals surface area contributed by atoms with Crippen molar-refractivity contribution < 1.29 is 4.79 Å². The highest BCUT2D eigenvalue weighted by atomic mass is 32.1. The summed E-state index contributed by atoms with van der Waals surface area (Å²) in [5, 5.41) is 18.9. The summed E-state index contributed by atoms with van der Waals surface area (Å²) in [5.41, 5.74) is 2.28. The van der Waals surface area contributed by atoms with E-state index in [2.05, 4.69) is 20.6 Å². The third kappa shape index (κ3) is 3.25. The van der Waals surface area contributed by atoms with Crippen molar-refractivity contribution in [1.82, 2.24) is 19.8 Å². The molecule has 2 aromatic heterocycles. The minimum atomic E-state index is -0.140. The number of aromatic nitrogens is 4. The number of anilines is 1. The van der Waals surface area contributed by atoms with Crippen LogP contribution in [0.15, 0.2) is 66.7 Å². The van der Waals surface area contributed by atoms with Crippen LogP contribution in [0.1, 0.15) is 23.1 Å². The molecule has 29 heavy (non-hydrogen) atoms. The topological polar surface area (TPSA) is 72.2 Å². The standard InChI is InChI=1S/C22H17N5OS/c1-2-19-24-25-22-27(19)26-21(29-22)17-8-5-9-18(13-17)23-20(28)16-11-10-14-6-3-4-7-15(14)12-16/h3-13H,2H2,1H3,(H,23,28). The molecule has 0 spiro atoms. The summed E-state index contributed by atoms with van der Waals surface area (Å²) < 4.78 is 1.78. The third-order valence-electron chi connectivity index (χ3n) is 4.75. The number of benzene rings is 3. The predicted octanol–water partition coefficient (Wildman–Crippen LogP) is 4.82. The number of fused-ring (bicyclic) bond motifs is 2. The van der Waals surface area contributed by atoms with Gasteiger partial charge in [-0.2, -0.15) is 9.61 Å². The summed E-state index contributed by atoms with van der Waals surface area (Å²) in [7, 11) is 0. The number of nitrogens with zero attached hydrogens (tertiary/aromatic N) is 4. The fourth-order valence-electron chi connectivity index (χ4n) is 3.26. The molecule has 6 nitrogen and oxygen atoms in total. The van der Waals surface area contributed by atoms with Crippen molar-refractivity contribution in [1.29, 1.82) is 0 Å². The minimum Gasteiger partial charge on any atom is -0.322 e. The Labute approximate surface area is 170 Å². The monoisotopic (exact) mass is 399 g/mol. The normalized spacial score (nSPS) is 11.2. The summed E-state index contributed by atoms with van der Waals surface area (Å²) in [6.07, 6.45) is 0.770. The van der Waals surface area contributed by atoms with Gasteiger partial charge in [0.25, 0.3) is 5.91 Å². The first-order valence-corrected chi connectivity index (χ1v) is 10.1. The van der Waals surface area contributed by atoms with Gasteiger partial charge in [0, 0.05) is 23.2 Å². The van der Waals surface area contributed by atoms with Crippen LogP contribution in [0.5, 0.6) is 0 Å². The van der Waals surface area contributed by atoms with Crippen molar-refractivity contribution in [3.8, 4) is 10.6 Å². The van der Waals surface area contributed by atoms with E-state index in [-0.39, 0.29) is 5.91 Å². The highest BCUT2D eigenvalue weighted by Crippen LogP contribution is 2.28. The predicted molar refractivity (Wildman–Crippen MR) is 115 cm³/mol. The maximum absolute atomic E-state index is 12.7. The Morgan fingerprint density at radius 1 is 1.00 bits per heavy atom. The van der Waals surface area contributed by atoms with E-state index in [1.165, 1.54) is 11.3 Å². The number of rotatable bonds is 4. The molecule has 1 N–H and O–H groups in total. The van der Waals surface area contributed by atoms with Gasteiger partial charge in [-0.1, -0.05) is 60.7 Å². The van der Waals surface area contributed by atoms with E-state index in [1.807, 2.05) is 73.7 Å². The zero-order valence-electron chi connectivity index (χ0n) is 15.7. The summed E-state index contributed by atoms with van der Waals surface area (Å²) in [6.45, 7) is 2.03. The molecule has 0 bridgehead atoms. The molecule has 0 fully saturated rings. The van der Waals surface area contributed by atoms with Crippen LogP contribution in [0.25, 0.3) is 26.3 Å². The van der Waals surface area contributed by atoms with E-state index in [0.717, 1.165) is 44.2 Å². The molecule has 0 atom stereocenters. The summed E-state index contributed by atoms with van der Waals surface area (Å²) in [5.74, 6) is 0.697. The van der Waals surface area contributed by atoms with Crippen LogP contribution in [0.2, 0.25) is 0 Å². The fourth-order valence-corrected chi connectivity index (χ4v) is 4.11. The van der Waals surface area contributed by atoms with Crippen LogP contribution in [0.4, 0.5) is 5.69 Å². The molecule has 7 heteroatoms. The Kier molecular flexibility index (Phi) is 4.29. The summed E-state index contributed by atoms with van der Waals surface area (Å²) in [4.78, 5) is 13.5. The molecule has 0 saturated heterocycles. The number of nitrogens with one attached hydrogen (secondary N) is 1. The lowest BCUT2D eigenvalue weighted by atomic mass is 10.1. The van der Waals surface area contributed by atoms with Gasteiger partial charge in [-0.05, 0) is 35.0 Å². The molecule has 0 aliphatic rings. The lowest BCUT2D eigenvalue weighted by Gasteiger charge is -2.07. The second-order valence-electron chi connectivity index (χ2n) is 6.67. The first kappa shape index (κ1) is 17.5. The Balaban J connectivity index is 1.42. The van der Waals surface area contributed by atoms with Crippen molar-refractivity contribution in [2.24, 2.45) is 0 Å². The first-order chi connectivity index (χ1) is 14.2. The molecule has 2 heterocycles. The van der Waals surface area contributed by atoms with E-state index in [1.54, 1.807) is 4.52 Å². The van der Waals surface area contributed by atoms with E-state index in [0.29, 0.717) is 5.56 Å². The number of aryl methyl sites for hydroxylation is 1. The van der Waals surface area contributed by atoms with Gasteiger partial charge in [-0.15, -0.1) is 10.2 Å². The number of hydrogen-bond acceptors (Lipinski definition) is 5. The Morgan fingerprint density at radius 3 is 2.72 bits per heavy atom. The van der Waals surface area contributed by atoms with Gasteiger partial charge in [0.15, 0.2) is 5.82 Å². The van der Waals surface area contributed by atoms with Crippen LogP contribution in [0, 0.1) is 0 Å². The molecule has 3 aromatic carbocycles. The quantitative estimate of drug-likeness (QED) is 0.470. The largest absolute Gasteiger partial charge is 0.322 e. The highest BCUT2D eigenvalue weighted by molar-refractivity contribution is 7.19. The van der Waals surface area contributed by atoms with Crippen LogP contribution in [-0.4, -0.2) is 25.7 Å². The fraction of sp³-hybridized carbons (Fsp3) is 0.0909. The van der Waals surface area contributed by atoms with Gasteiger partial charge in [0.1, 0.15) is 5.01 Å². The average Bonchev–Trinajstić information content (AvgIpc) is 3.34. The maximum Gasteiger partial charge on any atom is 0.255 e. The number of carbonyl (C=O) groups is 1. The molecule has 142 valence electrons. The molecule has 0 unspecified atom stereocenters. The van der Waals surface area contributed by atoms with E-state index >= 15 is 0 Å². The van der Waals surface area contributed by atoms with Gasteiger partial charge < -0.3 is 5.32 Å². The lowest BCUT2D eigenvalue weighted by Crippen LogP contribution is -2.11. The third-order valence-corrected chi connectivity index (χ3v) is 5.70. The van der Waals surface area contributed by atoms with E-state index in [9.17, 15) is 4.79 Å². The van der Waals surface area contributed by atoms with Gasteiger partial charge in [-0.25, -0.2) is 0 Å². The van der Waals surface area contributed by atoms with Crippen molar-refractivity contribution in [3.63, 3.8) is 0 Å². The molecule has 0 saturated carbocycles. The Hall–Kier alpha value is -3.58. The van der Waals surface area contributed by atoms with Crippen molar-refractivity contribution >= 4 is 38.7 Å². The average molecular weight is 399 g/mol. The molecule has 0 aliphatic carbocycles. The van der Waals surface area contributed by atoms with Crippen LogP contribution in [0.3, 0.4) is 0 Å². The van der Waals surface area contributed by atoms with Gasteiger partial charge in [0.05, 0.1) is 0 Å². The maximum atomic E-state index is 12.7. The Bertz CT molecular complexity index is 1350. The van der Waals surface area contributed by atoms with E-state index in [4.69, 9.17) is 0 Å². The summed E-state index contributed by atoms with van der Waals surface area (Å²) in [6, 6.07) is 21.4. The number of carbonyl (C=O) groups excluding carboxylic acids is 1. The van der Waals surface area contributed by atoms with Crippen LogP contribution < -0.4 is 5.32 Å². The Morgan fingerprint density at radius 2 is 1.86 bits per heavy atom. The van der Waals surface area contributed by atoms with Crippen molar-refractivity contribution in [2.75, 3.05) is 5.32 Å². The minimum absolute atomic E-state index is 0.140. The molecular weight excluding hydrogens is 382 g/mol. The van der Waals surface area contributed by atoms with Gasteiger partial charge >= 0.3 is 0 Å². The van der Waals surface area contributed by atoms with Crippen LogP contribution >= 0.6 is 11.3 Å². The zero-order valence-corrected chi connectivity index (χ0v) is 16.5.